The number of nitro benzene ring substituents is 1. The van der Waals surface area contributed by atoms with Crippen LogP contribution in [0.2, 0.25) is 0 Å². The lowest BCUT2D eigenvalue weighted by Crippen LogP contribution is -2.47. The van der Waals surface area contributed by atoms with E-state index in [2.05, 4.69) is 0 Å². The van der Waals surface area contributed by atoms with Crippen LogP contribution >= 0.6 is 0 Å². The maximum atomic E-state index is 13.1. The summed E-state index contributed by atoms with van der Waals surface area (Å²) < 4.78 is 16.3. The van der Waals surface area contributed by atoms with Crippen LogP contribution in [-0.2, 0) is 24.5 Å². The molecule has 0 radical (unpaired) electrons. The lowest BCUT2D eigenvalue weighted by molar-refractivity contribution is -0.384. The molecule has 30 heavy (non-hydrogen) atoms. The highest BCUT2D eigenvalue weighted by atomic mass is 16.6. The molecule has 0 aromatic heterocycles. The van der Waals surface area contributed by atoms with Gasteiger partial charge in [0.25, 0.3) is 5.69 Å². The summed E-state index contributed by atoms with van der Waals surface area (Å²) in [5, 5.41) is 10.8. The third-order valence-corrected chi connectivity index (χ3v) is 4.78. The average Bonchev–Trinajstić information content (AvgIpc) is 3.08. The maximum absolute atomic E-state index is 13.1. The normalized spacial score (nSPS) is 13.7. The number of hydrogen-bond donors (Lipinski definition) is 0. The van der Waals surface area contributed by atoms with Gasteiger partial charge in [-0.25, -0.2) is 0 Å². The molecule has 2 aromatic rings. The van der Waals surface area contributed by atoms with Gasteiger partial charge in [0.1, 0.15) is 12.4 Å². The van der Waals surface area contributed by atoms with Crippen molar-refractivity contribution in [2.24, 2.45) is 0 Å². The van der Waals surface area contributed by atoms with Crippen LogP contribution in [0.15, 0.2) is 54.1 Å². The molecule has 1 aliphatic rings. The zero-order valence-corrected chi connectivity index (χ0v) is 16.6. The number of non-ortho nitro benzene ring substituents is 1. The van der Waals surface area contributed by atoms with Crippen molar-refractivity contribution in [1.82, 2.24) is 0 Å². The molecule has 2 aromatic carbocycles. The van der Waals surface area contributed by atoms with Crippen molar-refractivity contribution in [3.63, 3.8) is 0 Å². The molecule has 0 fully saturated rings. The molecule has 0 bridgehead atoms. The van der Waals surface area contributed by atoms with Gasteiger partial charge in [-0.3, -0.25) is 19.7 Å². The highest BCUT2D eigenvalue weighted by molar-refractivity contribution is 6.13. The fourth-order valence-electron chi connectivity index (χ4n) is 3.45. The summed E-state index contributed by atoms with van der Waals surface area (Å²) >= 11 is 0. The summed E-state index contributed by atoms with van der Waals surface area (Å²) in [4.78, 5) is 36.5. The second-order valence-corrected chi connectivity index (χ2v) is 6.49. The molecule has 0 saturated heterocycles. The van der Waals surface area contributed by atoms with Gasteiger partial charge in [0.05, 0.1) is 18.1 Å². The van der Waals surface area contributed by atoms with Gasteiger partial charge in [-0.1, -0.05) is 24.3 Å². The molecule has 0 saturated carbocycles. The fraction of sp³-hybridized carbons (Fsp3) is 0.273. The van der Waals surface area contributed by atoms with E-state index in [9.17, 15) is 19.7 Å². The summed E-state index contributed by atoms with van der Waals surface area (Å²) in [5.74, 6) is -1.10. The lowest BCUT2D eigenvalue weighted by atomic mass is 9.77. The molecule has 0 amide bonds. The third-order valence-electron chi connectivity index (χ3n) is 4.78. The van der Waals surface area contributed by atoms with Gasteiger partial charge in [0.2, 0.25) is 5.41 Å². The van der Waals surface area contributed by atoms with E-state index >= 15 is 0 Å². The Morgan fingerprint density at radius 1 is 0.967 bits per heavy atom. The predicted molar refractivity (Wildman–Crippen MR) is 108 cm³/mol. The number of carbonyl (C=O) groups excluding carboxylic acids is 2. The fourth-order valence-corrected chi connectivity index (χ4v) is 3.45. The summed E-state index contributed by atoms with van der Waals surface area (Å²) in [6.07, 6.45) is 1.72. The second kappa shape index (κ2) is 8.77. The summed E-state index contributed by atoms with van der Waals surface area (Å²) in [6, 6.07) is 12.6. The van der Waals surface area contributed by atoms with Gasteiger partial charge in [-0.05, 0) is 43.2 Å². The Morgan fingerprint density at radius 3 is 2.13 bits per heavy atom. The van der Waals surface area contributed by atoms with Gasteiger partial charge >= 0.3 is 11.9 Å². The van der Waals surface area contributed by atoms with Crippen molar-refractivity contribution in [3.8, 4) is 5.75 Å². The van der Waals surface area contributed by atoms with Gasteiger partial charge in [-0.15, -0.1) is 0 Å². The number of ether oxygens (including phenoxy) is 3. The number of nitrogens with zero attached hydrogens (tertiary/aromatic N) is 1. The lowest BCUT2D eigenvalue weighted by Gasteiger charge is -2.29. The largest absolute Gasteiger partial charge is 0.489 e. The summed E-state index contributed by atoms with van der Waals surface area (Å²) in [7, 11) is 0. The van der Waals surface area contributed by atoms with Crippen LogP contribution in [0.5, 0.6) is 5.75 Å². The van der Waals surface area contributed by atoms with Crippen LogP contribution < -0.4 is 4.74 Å². The van der Waals surface area contributed by atoms with Crippen LogP contribution in [0, 0.1) is 10.1 Å². The number of nitro groups is 1. The Kier molecular flexibility index (Phi) is 6.15. The van der Waals surface area contributed by atoms with Crippen LogP contribution in [0.4, 0.5) is 5.69 Å². The molecular weight excluding hydrogens is 390 g/mol. The molecule has 0 atom stereocenters. The quantitative estimate of drug-likeness (QED) is 0.284. The zero-order chi connectivity index (χ0) is 21.7. The topological polar surface area (TPSA) is 105 Å². The third kappa shape index (κ3) is 3.63. The first kappa shape index (κ1) is 21.0. The Balaban J connectivity index is 1.98. The summed E-state index contributed by atoms with van der Waals surface area (Å²) in [6.45, 7) is 3.41. The number of benzene rings is 2. The van der Waals surface area contributed by atoms with Crippen molar-refractivity contribution in [2.75, 3.05) is 19.8 Å². The van der Waals surface area contributed by atoms with Crippen LogP contribution in [0.1, 0.15) is 25.0 Å². The molecule has 0 aliphatic heterocycles. The molecule has 0 N–H and O–H groups in total. The van der Waals surface area contributed by atoms with E-state index < -0.39 is 22.3 Å². The smallest absolute Gasteiger partial charge is 0.332 e. The van der Waals surface area contributed by atoms with Crippen LogP contribution in [-0.4, -0.2) is 36.7 Å². The Labute approximate surface area is 173 Å². The number of rotatable bonds is 8. The molecule has 3 rings (SSSR count). The molecular formula is C22H21NO7. The maximum Gasteiger partial charge on any atom is 0.332 e. The summed E-state index contributed by atoms with van der Waals surface area (Å²) in [5.41, 5.74) is -0.282. The number of fused-ring (bicyclic) bond motifs is 1. The minimum atomic E-state index is -1.76. The van der Waals surface area contributed by atoms with E-state index in [-0.39, 0.29) is 25.5 Å². The van der Waals surface area contributed by atoms with Crippen LogP contribution in [0.3, 0.4) is 0 Å². The first-order chi connectivity index (χ1) is 14.4. The highest BCUT2D eigenvalue weighted by Crippen LogP contribution is 2.44. The number of hydrogen-bond acceptors (Lipinski definition) is 7. The van der Waals surface area contributed by atoms with E-state index in [0.717, 1.165) is 0 Å². The van der Waals surface area contributed by atoms with Gasteiger partial charge in [0, 0.05) is 17.7 Å². The second-order valence-electron chi connectivity index (χ2n) is 6.49. The standard InChI is InChI=1S/C22H21NO7/c1-3-28-20(24)22(21(25)29-4-2)16(13-15-7-5-6-8-19(15)22)14-30-18-11-9-17(10-12-18)23(26)27/h5-13H,3-4,14H2,1-2H3. The first-order valence-electron chi connectivity index (χ1n) is 9.47. The predicted octanol–water partition coefficient (Wildman–Crippen LogP) is 3.43. The van der Waals surface area contributed by atoms with Gasteiger partial charge < -0.3 is 14.2 Å². The van der Waals surface area contributed by atoms with Crippen molar-refractivity contribution in [2.45, 2.75) is 19.3 Å². The Bertz CT molecular complexity index is 977. The van der Waals surface area contributed by atoms with E-state index in [4.69, 9.17) is 14.2 Å². The minimum Gasteiger partial charge on any atom is -0.489 e. The zero-order valence-electron chi connectivity index (χ0n) is 16.6. The van der Waals surface area contributed by atoms with E-state index in [1.807, 2.05) is 0 Å². The van der Waals surface area contributed by atoms with Gasteiger partial charge in [0.15, 0.2) is 0 Å². The van der Waals surface area contributed by atoms with E-state index in [0.29, 0.717) is 22.4 Å². The van der Waals surface area contributed by atoms with Crippen molar-refractivity contribution in [1.29, 1.82) is 0 Å². The Morgan fingerprint density at radius 2 is 1.57 bits per heavy atom. The minimum absolute atomic E-state index is 0.0674. The molecule has 8 nitrogen and oxygen atoms in total. The highest BCUT2D eigenvalue weighted by Gasteiger charge is 2.57. The Hall–Kier alpha value is -3.68. The van der Waals surface area contributed by atoms with E-state index in [1.54, 1.807) is 44.2 Å². The van der Waals surface area contributed by atoms with E-state index in [1.165, 1.54) is 24.3 Å². The number of carbonyl (C=O) groups is 2. The average molecular weight is 411 g/mol. The molecule has 156 valence electrons. The molecule has 0 unspecified atom stereocenters. The molecule has 0 heterocycles. The van der Waals surface area contributed by atoms with Gasteiger partial charge in [-0.2, -0.15) is 0 Å². The van der Waals surface area contributed by atoms with Crippen molar-refractivity contribution >= 4 is 23.7 Å². The number of esters is 2. The monoisotopic (exact) mass is 411 g/mol. The molecule has 1 aliphatic carbocycles. The van der Waals surface area contributed by atoms with Crippen LogP contribution in [0.25, 0.3) is 6.08 Å². The molecule has 0 spiro atoms. The van der Waals surface area contributed by atoms with Crippen molar-refractivity contribution in [3.05, 3.63) is 75.3 Å². The van der Waals surface area contributed by atoms with Crippen molar-refractivity contribution < 1.29 is 28.7 Å². The molecule has 8 heteroatoms. The SMILES string of the molecule is CCOC(=O)C1(C(=O)OCC)C(COc2ccc([N+](=O)[O-])cc2)=Cc2ccccc21. The first-order valence-corrected chi connectivity index (χ1v) is 9.47.